The molecule has 0 aromatic heterocycles. The van der Waals surface area contributed by atoms with Crippen LogP contribution in [0.5, 0.6) is 0 Å². The average Bonchev–Trinajstić information content (AvgIpc) is 3.09. The van der Waals surface area contributed by atoms with Gasteiger partial charge in [-0.15, -0.1) is 0 Å². The molecule has 2 rings (SSSR count). The minimum absolute atomic E-state index is 0.541. The minimum atomic E-state index is -1.75. The van der Waals surface area contributed by atoms with Gasteiger partial charge in [0.05, 0.1) is 50.6 Å². The largest absolute Gasteiger partial charge is 0.394 e. The molecule has 2 unspecified atom stereocenters. The molecule has 284 valence electrons. The van der Waals surface area contributed by atoms with Gasteiger partial charge in [0.25, 0.3) is 0 Å². The number of aliphatic hydroxyl groups excluding tert-OH is 10. The highest BCUT2D eigenvalue weighted by atomic mass is 16.7. The Hall–Kier alpha value is -4.24. The van der Waals surface area contributed by atoms with E-state index in [1.54, 1.807) is 0 Å². The molecule has 0 saturated carbocycles. The Labute approximate surface area is 283 Å². The van der Waals surface area contributed by atoms with Crippen molar-refractivity contribution in [1.82, 2.24) is 19.9 Å². The standard InChI is InChI=1S/C26H44N8O16/c1-31(25(27)29-5-15(39)33-11(7-35)19(43)23(47)20(44)12(33)8-36)49-17(41)3-4-18(42)50-32(2)26(28)30-6-16(40)34-13(9-37)21(45)24(48)22(46)14(34)10-38/h3-4,11-14,19-24,35-38,43-48H,5-10H2,1-2H3,(H2,27,29)(H2,28,30)/b4-3+/t11-,12-,13-,14-,19-,20+,21-,22+,23?,24?/m1/s1. The van der Waals surface area contributed by atoms with Crippen LogP contribution in [0, 0.1) is 0 Å². The molecule has 2 heterocycles. The van der Waals surface area contributed by atoms with Crippen LogP contribution in [0.4, 0.5) is 0 Å². The van der Waals surface area contributed by atoms with E-state index in [0.29, 0.717) is 22.3 Å². The Balaban J connectivity index is 1.94. The number of piperidine rings is 2. The van der Waals surface area contributed by atoms with Crippen LogP contribution in [0.15, 0.2) is 22.1 Å². The molecule has 50 heavy (non-hydrogen) atoms. The number of hydroxylamine groups is 4. The van der Waals surface area contributed by atoms with Crippen molar-refractivity contribution in [3.63, 3.8) is 0 Å². The summed E-state index contributed by atoms with van der Waals surface area (Å²) < 4.78 is 0. The molecule has 0 spiro atoms. The number of hydrogen-bond donors (Lipinski definition) is 12. The van der Waals surface area contributed by atoms with Crippen molar-refractivity contribution in [2.45, 2.75) is 60.8 Å². The molecule has 0 aliphatic carbocycles. The van der Waals surface area contributed by atoms with Gasteiger partial charge < -0.3 is 82.0 Å². The van der Waals surface area contributed by atoms with Crippen molar-refractivity contribution in [1.29, 1.82) is 0 Å². The van der Waals surface area contributed by atoms with E-state index in [2.05, 4.69) is 9.98 Å². The Kier molecular flexibility index (Phi) is 15.7. The fourth-order valence-corrected chi connectivity index (χ4v) is 5.21. The lowest BCUT2D eigenvalue weighted by Gasteiger charge is -2.48. The van der Waals surface area contributed by atoms with E-state index in [4.69, 9.17) is 21.1 Å². The molecule has 2 aliphatic heterocycles. The highest BCUT2D eigenvalue weighted by Gasteiger charge is 2.50. The third kappa shape index (κ3) is 9.71. The van der Waals surface area contributed by atoms with Crippen molar-refractivity contribution in [3.05, 3.63) is 12.2 Å². The number of carbonyl (C=O) groups excluding carboxylic acids is 4. The van der Waals surface area contributed by atoms with Crippen LogP contribution >= 0.6 is 0 Å². The van der Waals surface area contributed by atoms with Crippen molar-refractivity contribution >= 4 is 35.7 Å². The molecule has 2 aliphatic rings. The monoisotopic (exact) mass is 724 g/mol. The number of rotatable bonds is 10. The first-order valence-corrected chi connectivity index (χ1v) is 14.8. The first-order chi connectivity index (χ1) is 23.5. The third-order valence-electron chi connectivity index (χ3n) is 7.94. The minimum Gasteiger partial charge on any atom is -0.394 e. The second-order valence-electron chi connectivity index (χ2n) is 11.0. The first-order valence-electron chi connectivity index (χ1n) is 14.8. The topological polar surface area (TPSA) is 379 Å². The van der Waals surface area contributed by atoms with Crippen molar-refractivity contribution in [3.8, 4) is 0 Å². The summed E-state index contributed by atoms with van der Waals surface area (Å²) in [5.41, 5.74) is 11.4. The summed E-state index contributed by atoms with van der Waals surface area (Å²) in [7, 11) is 2.22. The van der Waals surface area contributed by atoms with Crippen LogP contribution in [-0.4, -0.2) is 221 Å². The normalized spacial score (nSPS) is 30.6. The maximum Gasteiger partial charge on any atom is 0.356 e. The number of nitrogens with zero attached hydrogens (tertiary/aromatic N) is 6. The summed E-state index contributed by atoms with van der Waals surface area (Å²) >= 11 is 0. The maximum absolute atomic E-state index is 12.8. The molecule has 2 fully saturated rings. The van der Waals surface area contributed by atoms with Gasteiger partial charge in [0.15, 0.2) is 0 Å². The van der Waals surface area contributed by atoms with E-state index in [0.717, 1.165) is 23.9 Å². The lowest BCUT2D eigenvalue weighted by atomic mass is 9.88. The van der Waals surface area contributed by atoms with Gasteiger partial charge in [-0.05, 0) is 0 Å². The quantitative estimate of drug-likeness (QED) is 0.0430. The number of carbonyl (C=O) groups is 4. The number of nitrogens with two attached hydrogens (primary N) is 2. The van der Waals surface area contributed by atoms with Gasteiger partial charge in [-0.2, -0.15) is 10.1 Å². The summed E-state index contributed by atoms with van der Waals surface area (Å²) in [4.78, 5) is 68.6. The summed E-state index contributed by atoms with van der Waals surface area (Å²) in [6.45, 7) is -4.84. The third-order valence-corrected chi connectivity index (χ3v) is 7.94. The van der Waals surface area contributed by atoms with E-state index < -0.39 is 136 Å². The summed E-state index contributed by atoms with van der Waals surface area (Å²) in [5.74, 6) is -5.31. The average molecular weight is 725 g/mol. The van der Waals surface area contributed by atoms with E-state index in [9.17, 15) is 70.2 Å². The zero-order valence-corrected chi connectivity index (χ0v) is 26.9. The number of hydrogen-bond acceptors (Lipinski definition) is 18. The van der Waals surface area contributed by atoms with Crippen LogP contribution in [0.25, 0.3) is 0 Å². The Morgan fingerprint density at radius 1 is 0.580 bits per heavy atom. The highest BCUT2D eigenvalue weighted by molar-refractivity contribution is 5.93. The van der Waals surface area contributed by atoms with Crippen LogP contribution in [-0.2, 0) is 28.9 Å². The van der Waals surface area contributed by atoms with Gasteiger partial charge in [-0.25, -0.2) is 19.6 Å². The molecule has 10 atom stereocenters. The lowest BCUT2D eigenvalue weighted by Crippen LogP contribution is -2.69. The summed E-state index contributed by atoms with van der Waals surface area (Å²) in [6, 6.07) is -5.56. The Morgan fingerprint density at radius 3 is 1.08 bits per heavy atom. The predicted octanol–water partition coefficient (Wildman–Crippen LogP) is -9.75. The molecule has 0 radical (unpaired) electrons. The highest BCUT2D eigenvalue weighted by Crippen LogP contribution is 2.26. The fraction of sp³-hybridized carbons (Fsp3) is 0.692. The molecule has 0 aromatic carbocycles. The van der Waals surface area contributed by atoms with E-state index >= 15 is 0 Å². The molecule has 2 amide bonds. The summed E-state index contributed by atoms with van der Waals surface area (Å²) in [6.07, 6.45) is -9.27. The smallest absolute Gasteiger partial charge is 0.356 e. The number of guanidine groups is 2. The van der Waals surface area contributed by atoms with Gasteiger partial charge >= 0.3 is 11.9 Å². The van der Waals surface area contributed by atoms with Gasteiger partial charge in [0.1, 0.15) is 49.7 Å². The van der Waals surface area contributed by atoms with Gasteiger partial charge in [0.2, 0.25) is 23.7 Å². The van der Waals surface area contributed by atoms with E-state index in [1.165, 1.54) is 0 Å². The zero-order chi connectivity index (χ0) is 38.0. The lowest BCUT2D eigenvalue weighted by molar-refractivity contribution is -0.187. The molecule has 24 heteroatoms. The van der Waals surface area contributed by atoms with Gasteiger partial charge in [-0.1, -0.05) is 0 Å². The van der Waals surface area contributed by atoms with E-state index in [1.807, 2.05) is 0 Å². The molecular weight excluding hydrogens is 680 g/mol. The number of aliphatic hydroxyl groups is 10. The molecule has 0 bridgehead atoms. The second-order valence-corrected chi connectivity index (χ2v) is 11.0. The number of amides is 2. The van der Waals surface area contributed by atoms with Gasteiger partial charge in [-0.3, -0.25) is 9.59 Å². The predicted molar refractivity (Wildman–Crippen MR) is 163 cm³/mol. The van der Waals surface area contributed by atoms with Crippen LogP contribution in [0.3, 0.4) is 0 Å². The number of aliphatic imine (C=N–C) groups is 2. The van der Waals surface area contributed by atoms with Crippen molar-refractivity contribution < 1.29 is 79.9 Å². The Bertz CT molecular complexity index is 1160. The zero-order valence-electron chi connectivity index (χ0n) is 26.9. The molecule has 2 saturated heterocycles. The number of likely N-dealkylation sites (tertiary alicyclic amines) is 2. The van der Waals surface area contributed by atoms with Crippen LogP contribution in [0.1, 0.15) is 0 Å². The maximum atomic E-state index is 12.8. The van der Waals surface area contributed by atoms with Crippen LogP contribution < -0.4 is 11.5 Å². The van der Waals surface area contributed by atoms with E-state index in [-0.39, 0.29) is 0 Å². The van der Waals surface area contributed by atoms with Crippen LogP contribution in [0.2, 0.25) is 0 Å². The SMILES string of the molecule is CN(OC(=O)/C=C/C(=O)ON(C)C(N)=NCC(=O)N1[C@H](CO)[C@H](O)C(O)[C@H](O)[C@H]1CO)C(N)=NCC(=O)N1[C@H](CO)[C@H](O)C(O)[C@H](O)[C@H]1CO. The Morgan fingerprint density at radius 2 is 0.840 bits per heavy atom. The molecule has 0 aromatic rings. The van der Waals surface area contributed by atoms with Gasteiger partial charge in [0, 0.05) is 26.2 Å². The second kappa shape index (κ2) is 18.7. The first kappa shape index (κ1) is 41.9. The van der Waals surface area contributed by atoms with Crippen molar-refractivity contribution in [2.75, 3.05) is 53.6 Å². The molecule has 24 nitrogen and oxygen atoms in total. The molecular formula is C26H44N8O16. The van der Waals surface area contributed by atoms with Crippen molar-refractivity contribution in [2.24, 2.45) is 21.5 Å². The molecule has 14 N–H and O–H groups in total. The fourth-order valence-electron chi connectivity index (χ4n) is 5.21. The summed E-state index contributed by atoms with van der Waals surface area (Å²) in [5, 5.41) is 100.